The van der Waals surface area contributed by atoms with Crippen LogP contribution in [0.4, 0.5) is 48.3 Å². The molecule has 106 valence electrons. The van der Waals surface area contributed by atoms with Crippen LogP contribution in [0.2, 0.25) is 0 Å². The fourth-order valence-corrected chi connectivity index (χ4v) is 0.676. The minimum Gasteiger partial charge on any atom is -0.203 e. The Morgan fingerprint density at radius 1 is 0.667 bits per heavy atom. The van der Waals surface area contributed by atoms with Gasteiger partial charge < -0.3 is 0 Å². The molecule has 18 heavy (non-hydrogen) atoms. The molecule has 0 aromatic carbocycles. The molecule has 0 aliphatic rings. The van der Waals surface area contributed by atoms with Crippen LogP contribution in [-0.2, 0) is 0 Å². The van der Waals surface area contributed by atoms with E-state index in [-0.39, 0.29) is 0 Å². The summed E-state index contributed by atoms with van der Waals surface area (Å²) in [5, 5.41) is 0. The monoisotopic (exact) mass is 294 g/mol. The van der Waals surface area contributed by atoms with Crippen molar-refractivity contribution in [2.75, 3.05) is 0 Å². The molecule has 0 unspecified atom stereocenters. The summed E-state index contributed by atoms with van der Waals surface area (Å²) in [6.45, 7) is 0. The van der Waals surface area contributed by atoms with Crippen molar-refractivity contribution in [1.82, 2.24) is 0 Å². The van der Waals surface area contributed by atoms with Gasteiger partial charge in [-0.3, -0.25) is 0 Å². The van der Waals surface area contributed by atoms with Crippen molar-refractivity contribution in [1.29, 1.82) is 0 Å². The molecule has 0 aliphatic heterocycles. The lowest BCUT2D eigenvalue weighted by Gasteiger charge is -2.13. The number of hydrogen-bond acceptors (Lipinski definition) is 0. The van der Waals surface area contributed by atoms with E-state index in [2.05, 4.69) is 0 Å². The van der Waals surface area contributed by atoms with Gasteiger partial charge >= 0.3 is 18.5 Å². The molecule has 0 radical (unpaired) electrons. The number of alkyl halides is 9. The smallest absolute Gasteiger partial charge is 0.203 e. The second-order valence-electron chi connectivity index (χ2n) is 2.72. The molecule has 0 amide bonds. The first-order valence-corrected chi connectivity index (χ1v) is 3.66. The Morgan fingerprint density at radius 2 is 1.06 bits per heavy atom. The van der Waals surface area contributed by atoms with Crippen LogP contribution in [0.25, 0.3) is 0 Å². The van der Waals surface area contributed by atoms with Gasteiger partial charge in [-0.25, -0.2) is 4.39 Å². The Bertz CT molecular complexity index is 360. The van der Waals surface area contributed by atoms with Gasteiger partial charge in [0.25, 0.3) is 0 Å². The summed E-state index contributed by atoms with van der Waals surface area (Å²) >= 11 is 0. The summed E-state index contributed by atoms with van der Waals surface area (Å²) in [6.07, 6.45) is -19.9. The molecule has 0 bridgehead atoms. The first kappa shape index (κ1) is 16.7. The Morgan fingerprint density at radius 3 is 1.28 bits per heavy atom. The van der Waals surface area contributed by atoms with E-state index in [4.69, 9.17) is 0 Å². The van der Waals surface area contributed by atoms with Crippen molar-refractivity contribution in [2.45, 2.75) is 18.5 Å². The molecule has 0 N–H and O–H groups in total. The minimum absolute atomic E-state index is 1.80. The summed E-state index contributed by atoms with van der Waals surface area (Å²) in [6, 6.07) is 0. The molecule has 0 atom stereocenters. The van der Waals surface area contributed by atoms with Gasteiger partial charge in [0, 0.05) is 6.08 Å². The van der Waals surface area contributed by atoms with Gasteiger partial charge in [-0.2, -0.15) is 43.9 Å². The maximum Gasteiger partial charge on any atom is 0.445 e. The zero-order chi connectivity index (χ0) is 14.9. The number of halogens is 11. The van der Waals surface area contributed by atoms with Crippen molar-refractivity contribution in [3.05, 3.63) is 23.3 Å². The molecule has 11 heteroatoms. The average Bonchev–Trinajstić information content (AvgIpc) is 2.07. The lowest BCUT2D eigenvalue weighted by atomic mass is 10.2. The standard InChI is InChI=1S/C7HF11/c8-3(4(9)7(16,17)18)2(6(13,14)15)1-5(10,11)12/h1H/b2-1?,4-3+. The average molecular weight is 294 g/mol. The quantitative estimate of drug-likeness (QED) is 0.483. The fraction of sp³-hybridized carbons (Fsp3) is 0.429. The van der Waals surface area contributed by atoms with E-state index in [0.29, 0.717) is 0 Å². The van der Waals surface area contributed by atoms with Crippen LogP contribution in [0.3, 0.4) is 0 Å². The highest BCUT2D eigenvalue weighted by Gasteiger charge is 2.47. The van der Waals surface area contributed by atoms with Gasteiger partial charge in [0.05, 0.1) is 5.57 Å². The van der Waals surface area contributed by atoms with Crippen LogP contribution < -0.4 is 0 Å². The molecule has 0 saturated heterocycles. The fourth-order valence-electron chi connectivity index (χ4n) is 0.676. The molecule has 0 fully saturated rings. The summed E-state index contributed by atoms with van der Waals surface area (Å²) in [5.41, 5.74) is -3.40. The Balaban J connectivity index is 5.89. The lowest BCUT2D eigenvalue weighted by molar-refractivity contribution is -0.117. The summed E-state index contributed by atoms with van der Waals surface area (Å²) in [5.74, 6) is -7.57. The largest absolute Gasteiger partial charge is 0.445 e. The normalized spacial score (nSPS) is 16.7. The SMILES string of the molecule is F/C(C(=CC(F)(F)F)C(F)(F)F)=C(/F)C(F)(F)F. The van der Waals surface area contributed by atoms with Crippen LogP contribution in [0.5, 0.6) is 0 Å². The number of rotatable bonds is 1. The van der Waals surface area contributed by atoms with E-state index in [1.807, 2.05) is 0 Å². The molecule has 0 aliphatic carbocycles. The van der Waals surface area contributed by atoms with Crippen LogP contribution in [-0.4, -0.2) is 18.5 Å². The van der Waals surface area contributed by atoms with Crippen molar-refractivity contribution in [2.24, 2.45) is 0 Å². The summed E-state index contributed by atoms with van der Waals surface area (Å²) in [7, 11) is 0. The molecular formula is C7HF11. The van der Waals surface area contributed by atoms with Crippen LogP contribution in [0.15, 0.2) is 23.3 Å². The van der Waals surface area contributed by atoms with Crippen LogP contribution in [0, 0.1) is 0 Å². The predicted octanol–water partition coefficient (Wildman–Crippen LogP) is 4.75. The molecular weight excluding hydrogens is 293 g/mol. The molecule has 0 aromatic rings. The lowest BCUT2D eigenvalue weighted by Crippen LogP contribution is -2.20. The van der Waals surface area contributed by atoms with E-state index in [0.717, 1.165) is 0 Å². The maximum absolute atomic E-state index is 12.5. The second-order valence-corrected chi connectivity index (χ2v) is 2.72. The summed E-state index contributed by atoms with van der Waals surface area (Å²) in [4.78, 5) is 0. The van der Waals surface area contributed by atoms with Gasteiger partial charge in [-0.15, -0.1) is 0 Å². The zero-order valence-electron chi connectivity index (χ0n) is 7.73. The third kappa shape index (κ3) is 4.92. The van der Waals surface area contributed by atoms with Gasteiger partial charge in [0.2, 0.25) is 5.83 Å². The molecule has 0 spiro atoms. The molecule has 0 heterocycles. The Kier molecular flexibility index (Phi) is 4.42. The van der Waals surface area contributed by atoms with Gasteiger partial charge in [-0.05, 0) is 0 Å². The highest BCUT2D eigenvalue weighted by Crippen LogP contribution is 2.40. The van der Waals surface area contributed by atoms with Crippen molar-refractivity contribution in [3.8, 4) is 0 Å². The van der Waals surface area contributed by atoms with E-state index >= 15 is 0 Å². The van der Waals surface area contributed by atoms with Crippen LogP contribution in [0.1, 0.15) is 0 Å². The van der Waals surface area contributed by atoms with E-state index in [9.17, 15) is 48.3 Å². The zero-order valence-corrected chi connectivity index (χ0v) is 7.73. The third-order valence-corrected chi connectivity index (χ3v) is 1.29. The number of allylic oxidation sites excluding steroid dienone is 4. The first-order valence-electron chi connectivity index (χ1n) is 3.66. The van der Waals surface area contributed by atoms with E-state index < -0.39 is 41.8 Å². The van der Waals surface area contributed by atoms with E-state index in [1.54, 1.807) is 0 Å². The third-order valence-electron chi connectivity index (χ3n) is 1.29. The van der Waals surface area contributed by atoms with Crippen LogP contribution >= 0.6 is 0 Å². The maximum atomic E-state index is 12.5. The summed E-state index contributed by atoms with van der Waals surface area (Å²) < 4.78 is 130. The second kappa shape index (κ2) is 4.76. The van der Waals surface area contributed by atoms with Gasteiger partial charge in [-0.1, -0.05) is 0 Å². The van der Waals surface area contributed by atoms with Crippen molar-refractivity contribution < 1.29 is 48.3 Å². The molecule has 0 aromatic heterocycles. The molecule has 0 nitrogen and oxygen atoms in total. The Labute approximate surface area is 91.4 Å². The Hall–Kier alpha value is -1.29. The molecule has 0 saturated carbocycles. The van der Waals surface area contributed by atoms with Crippen molar-refractivity contribution >= 4 is 0 Å². The van der Waals surface area contributed by atoms with E-state index in [1.165, 1.54) is 0 Å². The predicted molar refractivity (Wildman–Crippen MR) is 35.5 cm³/mol. The topological polar surface area (TPSA) is 0 Å². The minimum atomic E-state index is -6.17. The number of hydrogen-bond donors (Lipinski definition) is 0. The highest BCUT2D eigenvalue weighted by molar-refractivity contribution is 5.34. The van der Waals surface area contributed by atoms with Crippen molar-refractivity contribution in [3.63, 3.8) is 0 Å². The first-order chi connectivity index (χ1) is 7.66. The molecule has 0 rings (SSSR count). The van der Waals surface area contributed by atoms with Gasteiger partial charge in [0.15, 0.2) is 5.83 Å². The highest BCUT2D eigenvalue weighted by atomic mass is 19.4. The van der Waals surface area contributed by atoms with Gasteiger partial charge in [0.1, 0.15) is 0 Å².